The van der Waals surface area contributed by atoms with E-state index in [1.165, 1.54) is 0 Å². The number of aromatic nitrogens is 3. The monoisotopic (exact) mass is 350 g/mol. The number of nitrogens with one attached hydrogen (secondary N) is 1. The Labute approximate surface area is 152 Å². The van der Waals surface area contributed by atoms with E-state index in [1.54, 1.807) is 13.3 Å². The SMILES string of the molecule is COc1ccccc1CC(=O)N1CCC(c2[nH]nc3ncccc23)CC1. The molecule has 4 rings (SSSR count). The van der Waals surface area contributed by atoms with Gasteiger partial charge in [-0.1, -0.05) is 18.2 Å². The zero-order valence-electron chi connectivity index (χ0n) is 14.8. The van der Waals surface area contributed by atoms with Crippen LogP contribution in [0.15, 0.2) is 42.6 Å². The van der Waals surface area contributed by atoms with Crippen molar-refractivity contribution in [3.8, 4) is 5.75 Å². The lowest BCUT2D eigenvalue weighted by atomic mass is 9.91. The summed E-state index contributed by atoms with van der Waals surface area (Å²) in [5.41, 5.74) is 2.84. The summed E-state index contributed by atoms with van der Waals surface area (Å²) in [6.45, 7) is 1.53. The van der Waals surface area contributed by atoms with E-state index in [2.05, 4.69) is 21.2 Å². The van der Waals surface area contributed by atoms with Gasteiger partial charge in [0.1, 0.15) is 5.75 Å². The van der Waals surface area contributed by atoms with Gasteiger partial charge in [-0.3, -0.25) is 9.89 Å². The van der Waals surface area contributed by atoms with Crippen molar-refractivity contribution in [3.63, 3.8) is 0 Å². The maximum Gasteiger partial charge on any atom is 0.227 e. The molecule has 134 valence electrons. The highest BCUT2D eigenvalue weighted by Crippen LogP contribution is 2.31. The Kier molecular flexibility index (Phi) is 4.56. The highest BCUT2D eigenvalue weighted by atomic mass is 16.5. The van der Waals surface area contributed by atoms with Crippen molar-refractivity contribution in [2.24, 2.45) is 0 Å². The normalized spacial score (nSPS) is 15.3. The molecule has 6 nitrogen and oxygen atoms in total. The number of aromatic amines is 1. The number of likely N-dealkylation sites (tertiary alicyclic amines) is 1. The van der Waals surface area contributed by atoms with Gasteiger partial charge in [-0.2, -0.15) is 5.10 Å². The molecule has 1 aliphatic heterocycles. The number of pyridine rings is 1. The number of nitrogens with zero attached hydrogens (tertiary/aromatic N) is 3. The Balaban J connectivity index is 1.41. The summed E-state index contributed by atoms with van der Waals surface area (Å²) < 4.78 is 5.35. The smallest absolute Gasteiger partial charge is 0.227 e. The van der Waals surface area contributed by atoms with Gasteiger partial charge in [0.15, 0.2) is 5.65 Å². The van der Waals surface area contributed by atoms with E-state index >= 15 is 0 Å². The van der Waals surface area contributed by atoms with Gasteiger partial charge in [-0.25, -0.2) is 4.98 Å². The number of piperidine rings is 1. The highest BCUT2D eigenvalue weighted by molar-refractivity contribution is 5.80. The molecule has 1 aliphatic rings. The molecule has 0 bridgehead atoms. The first-order chi connectivity index (χ1) is 12.8. The number of methoxy groups -OCH3 is 1. The molecule has 1 saturated heterocycles. The van der Waals surface area contributed by atoms with E-state index in [-0.39, 0.29) is 5.91 Å². The van der Waals surface area contributed by atoms with Crippen LogP contribution in [-0.4, -0.2) is 46.2 Å². The zero-order valence-corrected chi connectivity index (χ0v) is 14.8. The number of carbonyl (C=O) groups excluding carboxylic acids is 1. The van der Waals surface area contributed by atoms with E-state index in [0.717, 1.165) is 54.0 Å². The topological polar surface area (TPSA) is 71.1 Å². The van der Waals surface area contributed by atoms with Crippen LogP contribution in [0.4, 0.5) is 0 Å². The molecule has 0 atom stereocenters. The lowest BCUT2D eigenvalue weighted by molar-refractivity contribution is -0.131. The summed E-state index contributed by atoms with van der Waals surface area (Å²) in [6, 6.07) is 11.7. The van der Waals surface area contributed by atoms with Gasteiger partial charge >= 0.3 is 0 Å². The molecular weight excluding hydrogens is 328 g/mol. The largest absolute Gasteiger partial charge is 0.496 e. The van der Waals surface area contributed by atoms with Crippen LogP contribution in [0.3, 0.4) is 0 Å². The average Bonchev–Trinajstić information content (AvgIpc) is 3.12. The van der Waals surface area contributed by atoms with Crippen LogP contribution in [0.25, 0.3) is 11.0 Å². The fourth-order valence-corrected chi connectivity index (χ4v) is 3.72. The quantitative estimate of drug-likeness (QED) is 0.785. The second-order valence-corrected chi connectivity index (χ2v) is 6.66. The number of para-hydroxylation sites is 1. The molecule has 3 aromatic rings. The number of fused-ring (bicyclic) bond motifs is 1. The minimum Gasteiger partial charge on any atom is -0.496 e. The van der Waals surface area contributed by atoms with Crippen LogP contribution >= 0.6 is 0 Å². The Morgan fingerprint density at radius 1 is 1.23 bits per heavy atom. The number of carbonyl (C=O) groups is 1. The second-order valence-electron chi connectivity index (χ2n) is 6.66. The van der Waals surface area contributed by atoms with Crippen LogP contribution in [0, 0.1) is 0 Å². The molecule has 1 aromatic carbocycles. The molecule has 0 spiro atoms. The summed E-state index contributed by atoms with van der Waals surface area (Å²) >= 11 is 0. The van der Waals surface area contributed by atoms with Crippen molar-refractivity contribution >= 4 is 16.9 Å². The molecule has 2 aromatic heterocycles. The van der Waals surface area contributed by atoms with Crippen LogP contribution in [0.2, 0.25) is 0 Å². The number of hydrogen-bond acceptors (Lipinski definition) is 4. The molecule has 0 radical (unpaired) electrons. The summed E-state index contributed by atoms with van der Waals surface area (Å²) in [5, 5.41) is 8.53. The van der Waals surface area contributed by atoms with Crippen molar-refractivity contribution in [1.82, 2.24) is 20.1 Å². The molecular formula is C20H22N4O2. The maximum atomic E-state index is 12.7. The predicted octanol–water partition coefficient (Wildman–Crippen LogP) is 2.92. The van der Waals surface area contributed by atoms with Crippen molar-refractivity contribution in [2.45, 2.75) is 25.2 Å². The lowest BCUT2D eigenvalue weighted by Crippen LogP contribution is -2.38. The van der Waals surface area contributed by atoms with Crippen LogP contribution in [0.1, 0.15) is 30.0 Å². The Morgan fingerprint density at radius 2 is 2.04 bits per heavy atom. The number of ether oxygens (including phenoxy) is 1. The number of rotatable bonds is 4. The Bertz CT molecular complexity index is 913. The lowest BCUT2D eigenvalue weighted by Gasteiger charge is -2.32. The van der Waals surface area contributed by atoms with Gasteiger partial charge in [-0.05, 0) is 31.0 Å². The fourth-order valence-electron chi connectivity index (χ4n) is 3.72. The maximum absolute atomic E-state index is 12.7. The Hall–Kier alpha value is -2.89. The third-order valence-corrected chi connectivity index (χ3v) is 5.15. The van der Waals surface area contributed by atoms with E-state index in [1.807, 2.05) is 35.2 Å². The molecule has 1 fully saturated rings. The summed E-state index contributed by atoms with van der Waals surface area (Å²) in [6.07, 6.45) is 4.01. The number of amides is 1. The summed E-state index contributed by atoms with van der Waals surface area (Å²) in [4.78, 5) is 18.9. The van der Waals surface area contributed by atoms with Gasteiger partial charge in [0.05, 0.1) is 13.5 Å². The molecule has 1 amide bonds. The van der Waals surface area contributed by atoms with Gasteiger partial charge in [0.25, 0.3) is 0 Å². The predicted molar refractivity (Wildman–Crippen MR) is 99.1 cm³/mol. The molecule has 1 N–H and O–H groups in total. The molecule has 0 aliphatic carbocycles. The fraction of sp³-hybridized carbons (Fsp3) is 0.350. The van der Waals surface area contributed by atoms with Gasteiger partial charge < -0.3 is 9.64 Å². The third-order valence-electron chi connectivity index (χ3n) is 5.15. The van der Waals surface area contributed by atoms with Crippen LogP contribution in [0.5, 0.6) is 5.75 Å². The molecule has 26 heavy (non-hydrogen) atoms. The van der Waals surface area contributed by atoms with Gasteiger partial charge in [-0.15, -0.1) is 0 Å². The highest BCUT2D eigenvalue weighted by Gasteiger charge is 2.26. The van der Waals surface area contributed by atoms with Gasteiger partial charge in [0.2, 0.25) is 5.91 Å². The second kappa shape index (κ2) is 7.15. The van der Waals surface area contributed by atoms with Gasteiger partial charge in [0, 0.05) is 41.8 Å². The van der Waals surface area contributed by atoms with Crippen LogP contribution < -0.4 is 4.74 Å². The minimum atomic E-state index is 0.157. The molecule has 3 heterocycles. The van der Waals surface area contributed by atoms with E-state index in [0.29, 0.717) is 12.3 Å². The number of hydrogen-bond donors (Lipinski definition) is 1. The summed E-state index contributed by atoms with van der Waals surface area (Å²) in [5.74, 6) is 1.32. The van der Waals surface area contributed by atoms with Crippen LogP contribution in [-0.2, 0) is 11.2 Å². The van der Waals surface area contributed by atoms with E-state index < -0.39 is 0 Å². The first kappa shape index (κ1) is 16.6. The zero-order chi connectivity index (χ0) is 17.9. The molecule has 0 saturated carbocycles. The first-order valence-corrected chi connectivity index (χ1v) is 8.95. The number of H-pyrrole nitrogens is 1. The third kappa shape index (κ3) is 3.14. The Morgan fingerprint density at radius 3 is 2.85 bits per heavy atom. The van der Waals surface area contributed by atoms with E-state index in [9.17, 15) is 4.79 Å². The average molecular weight is 350 g/mol. The molecule has 6 heteroatoms. The van der Waals surface area contributed by atoms with Crippen molar-refractivity contribution < 1.29 is 9.53 Å². The van der Waals surface area contributed by atoms with Crippen molar-refractivity contribution in [2.75, 3.05) is 20.2 Å². The van der Waals surface area contributed by atoms with Crippen molar-refractivity contribution in [1.29, 1.82) is 0 Å². The minimum absolute atomic E-state index is 0.157. The number of benzene rings is 1. The standard InChI is InChI=1S/C20H22N4O2/c1-26-17-7-3-2-5-15(17)13-18(25)24-11-8-14(9-12-24)19-16-6-4-10-21-20(16)23-22-19/h2-7,10,14H,8-9,11-13H2,1H3,(H,21,22,23). The van der Waals surface area contributed by atoms with E-state index in [4.69, 9.17) is 4.74 Å². The first-order valence-electron chi connectivity index (χ1n) is 8.95. The summed E-state index contributed by atoms with van der Waals surface area (Å²) in [7, 11) is 1.64. The van der Waals surface area contributed by atoms with Crippen molar-refractivity contribution in [3.05, 3.63) is 53.9 Å². The molecule has 0 unspecified atom stereocenters.